The maximum absolute atomic E-state index is 13.8. The maximum Gasteiger partial charge on any atom is 0.337 e. The van der Waals surface area contributed by atoms with E-state index in [-0.39, 0.29) is 23.1 Å². The number of rotatable bonds is 7. The second-order valence-corrected chi connectivity index (χ2v) is 11.9. The first-order valence-electron chi connectivity index (χ1n) is 13.6. The summed E-state index contributed by atoms with van der Waals surface area (Å²) in [5.74, 6) is -0.578. The first-order chi connectivity index (χ1) is 19.0. The highest BCUT2D eigenvalue weighted by molar-refractivity contribution is 6.30. The minimum Gasteiger partial charge on any atom is -0.465 e. The van der Waals surface area contributed by atoms with Crippen molar-refractivity contribution in [3.05, 3.63) is 94.5 Å². The molecule has 210 valence electrons. The molecule has 1 heterocycles. The summed E-state index contributed by atoms with van der Waals surface area (Å²) in [6.45, 7) is 9.50. The van der Waals surface area contributed by atoms with Crippen molar-refractivity contribution >= 4 is 29.4 Å². The van der Waals surface area contributed by atoms with Gasteiger partial charge < -0.3 is 15.0 Å². The van der Waals surface area contributed by atoms with E-state index >= 15 is 0 Å². The number of hydrogen-bond donors (Lipinski definition) is 1. The fraction of sp³-hybridized carbons (Fsp3) is 0.364. The van der Waals surface area contributed by atoms with Gasteiger partial charge in [-0.05, 0) is 76.8 Å². The van der Waals surface area contributed by atoms with Crippen LogP contribution in [0.15, 0.2) is 72.8 Å². The van der Waals surface area contributed by atoms with Crippen LogP contribution in [0.3, 0.4) is 0 Å². The fourth-order valence-corrected chi connectivity index (χ4v) is 5.70. The number of nitrogens with zero attached hydrogens (tertiary/aromatic N) is 1. The van der Waals surface area contributed by atoms with E-state index in [0.717, 1.165) is 17.5 Å². The molecule has 1 aliphatic rings. The second-order valence-electron chi connectivity index (χ2n) is 11.5. The third kappa shape index (κ3) is 6.56. The zero-order valence-corrected chi connectivity index (χ0v) is 24.5. The largest absolute Gasteiger partial charge is 0.465 e. The third-order valence-corrected chi connectivity index (χ3v) is 8.03. The molecule has 2 amide bonds. The van der Waals surface area contributed by atoms with Crippen molar-refractivity contribution in [2.75, 3.05) is 20.2 Å². The zero-order chi connectivity index (χ0) is 29.0. The summed E-state index contributed by atoms with van der Waals surface area (Å²) in [5, 5.41) is 3.72. The summed E-state index contributed by atoms with van der Waals surface area (Å²) < 4.78 is 4.83. The van der Waals surface area contributed by atoms with Crippen LogP contribution in [0.1, 0.15) is 66.3 Å². The summed E-state index contributed by atoms with van der Waals surface area (Å²) in [6, 6.07) is 21.6. The highest BCUT2D eigenvalue weighted by Gasteiger charge is 2.40. The monoisotopic (exact) mass is 560 g/mol. The van der Waals surface area contributed by atoms with Crippen molar-refractivity contribution in [3.63, 3.8) is 0 Å². The predicted octanol–water partition coefficient (Wildman–Crippen LogP) is 6.59. The lowest BCUT2D eigenvalue weighted by Crippen LogP contribution is -2.55. The number of likely N-dealkylation sites (tertiary alicyclic amines) is 1. The molecule has 40 heavy (non-hydrogen) atoms. The van der Waals surface area contributed by atoms with Crippen molar-refractivity contribution in [2.45, 2.75) is 46.1 Å². The highest BCUT2D eigenvalue weighted by atomic mass is 35.5. The lowest BCUT2D eigenvalue weighted by molar-refractivity contribution is -0.137. The summed E-state index contributed by atoms with van der Waals surface area (Å²) in [5.41, 5.74) is 3.55. The number of carbonyl (C=O) groups excluding carboxylic acids is 3. The lowest BCUT2D eigenvalue weighted by Gasteiger charge is -2.45. The number of carbonyl (C=O) groups is 3. The van der Waals surface area contributed by atoms with E-state index in [4.69, 9.17) is 16.3 Å². The number of benzene rings is 3. The number of ether oxygens (including phenoxy) is 1. The van der Waals surface area contributed by atoms with Gasteiger partial charge in [0.2, 0.25) is 5.91 Å². The summed E-state index contributed by atoms with van der Waals surface area (Å²) in [7, 11) is 1.34. The Hall–Kier alpha value is -3.64. The van der Waals surface area contributed by atoms with Gasteiger partial charge in [-0.2, -0.15) is 0 Å². The van der Waals surface area contributed by atoms with Gasteiger partial charge in [-0.15, -0.1) is 0 Å². The first-order valence-corrected chi connectivity index (χ1v) is 14.0. The lowest BCUT2D eigenvalue weighted by atomic mass is 9.70. The minimum absolute atomic E-state index is 0.0621. The van der Waals surface area contributed by atoms with E-state index in [1.807, 2.05) is 43.0 Å². The Bertz CT molecular complexity index is 1380. The molecule has 7 heteroatoms. The molecule has 6 nitrogen and oxygen atoms in total. The summed E-state index contributed by atoms with van der Waals surface area (Å²) in [6.07, 6.45) is 0.839. The molecule has 1 aliphatic heterocycles. The Morgan fingerprint density at radius 3 is 2.12 bits per heavy atom. The van der Waals surface area contributed by atoms with Crippen LogP contribution >= 0.6 is 11.6 Å². The molecule has 0 spiro atoms. The molecule has 3 aromatic rings. The van der Waals surface area contributed by atoms with Gasteiger partial charge in [-0.25, -0.2) is 4.79 Å². The quantitative estimate of drug-likeness (QED) is 0.331. The Morgan fingerprint density at radius 1 is 0.950 bits per heavy atom. The Kier molecular flexibility index (Phi) is 8.99. The first kappa shape index (κ1) is 29.3. The van der Waals surface area contributed by atoms with E-state index < -0.39 is 12.0 Å². The van der Waals surface area contributed by atoms with Gasteiger partial charge in [-0.1, -0.05) is 75.7 Å². The SMILES string of the molecule is COC(=O)c1cccc(-c2cccc(C(=O)N[C@@H](C(=O)N3CCC(c4ccc(Cl)cc4)C(C)(C)C3)C(C)C)c2)c1. The Morgan fingerprint density at radius 2 is 1.55 bits per heavy atom. The average Bonchev–Trinajstić information content (AvgIpc) is 2.95. The number of piperidine rings is 1. The van der Waals surface area contributed by atoms with Crippen LogP contribution in [0.4, 0.5) is 0 Å². The molecule has 0 aromatic heterocycles. The van der Waals surface area contributed by atoms with E-state index in [1.54, 1.807) is 36.4 Å². The molecule has 1 fully saturated rings. The number of methoxy groups -OCH3 is 1. The third-order valence-electron chi connectivity index (χ3n) is 7.77. The smallest absolute Gasteiger partial charge is 0.337 e. The Labute approximate surface area is 241 Å². The molecule has 0 aliphatic carbocycles. The van der Waals surface area contributed by atoms with Crippen LogP contribution in [-0.4, -0.2) is 48.9 Å². The van der Waals surface area contributed by atoms with Crippen LogP contribution in [0.25, 0.3) is 11.1 Å². The van der Waals surface area contributed by atoms with Crippen molar-refractivity contribution in [1.29, 1.82) is 0 Å². The van der Waals surface area contributed by atoms with Gasteiger partial charge in [0, 0.05) is 23.7 Å². The predicted molar refractivity (Wildman–Crippen MR) is 158 cm³/mol. The normalized spacial score (nSPS) is 17.3. The standard InChI is InChI=1S/C33H37ClN2O4/c1-21(2)29(31(38)36-17-16-28(33(3,4)20-36)22-12-14-27(34)15-13-22)35-30(37)25-10-6-8-23(18-25)24-9-7-11-26(19-24)32(39)40-5/h6-15,18-19,21,28-29H,16-17,20H2,1-5H3,(H,35,37)/t28?,29-/m1/s1. The van der Waals surface area contributed by atoms with E-state index in [2.05, 4.69) is 31.3 Å². The number of esters is 1. The van der Waals surface area contributed by atoms with Gasteiger partial charge in [0.25, 0.3) is 5.91 Å². The molecular weight excluding hydrogens is 524 g/mol. The molecule has 2 atom stereocenters. The Balaban J connectivity index is 1.48. The van der Waals surface area contributed by atoms with Gasteiger partial charge in [0.1, 0.15) is 6.04 Å². The fourth-order valence-electron chi connectivity index (χ4n) is 5.58. The van der Waals surface area contributed by atoms with Gasteiger partial charge in [0.15, 0.2) is 0 Å². The molecule has 0 radical (unpaired) electrons. The van der Waals surface area contributed by atoms with Gasteiger partial charge in [-0.3, -0.25) is 9.59 Å². The number of amides is 2. The summed E-state index contributed by atoms with van der Waals surface area (Å²) >= 11 is 6.10. The van der Waals surface area contributed by atoms with Gasteiger partial charge in [0.05, 0.1) is 12.7 Å². The van der Waals surface area contributed by atoms with Crippen LogP contribution in [0.2, 0.25) is 5.02 Å². The van der Waals surface area contributed by atoms with Crippen molar-refractivity contribution < 1.29 is 19.1 Å². The topological polar surface area (TPSA) is 75.7 Å². The van der Waals surface area contributed by atoms with Crippen LogP contribution in [0.5, 0.6) is 0 Å². The average molecular weight is 561 g/mol. The van der Waals surface area contributed by atoms with Crippen LogP contribution in [-0.2, 0) is 9.53 Å². The number of halogens is 1. The van der Waals surface area contributed by atoms with E-state index in [1.165, 1.54) is 12.7 Å². The highest BCUT2D eigenvalue weighted by Crippen LogP contribution is 2.42. The molecule has 1 unspecified atom stereocenters. The molecule has 0 saturated carbocycles. The van der Waals surface area contributed by atoms with Crippen LogP contribution in [0, 0.1) is 11.3 Å². The number of hydrogen-bond acceptors (Lipinski definition) is 4. The van der Waals surface area contributed by atoms with Crippen molar-refractivity contribution in [1.82, 2.24) is 10.2 Å². The van der Waals surface area contributed by atoms with Crippen molar-refractivity contribution in [3.8, 4) is 11.1 Å². The molecule has 1 N–H and O–H groups in total. The molecule has 0 bridgehead atoms. The molecular formula is C33H37ClN2O4. The minimum atomic E-state index is -0.651. The van der Waals surface area contributed by atoms with Crippen LogP contribution < -0.4 is 5.32 Å². The maximum atomic E-state index is 13.8. The van der Waals surface area contributed by atoms with Crippen molar-refractivity contribution in [2.24, 2.45) is 11.3 Å². The summed E-state index contributed by atoms with van der Waals surface area (Å²) in [4.78, 5) is 41.0. The van der Waals surface area contributed by atoms with E-state index in [0.29, 0.717) is 35.2 Å². The molecule has 4 rings (SSSR count). The van der Waals surface area contributed by atoms with E-state index in [9.17, 15) is 14.4 Å². The zero-order valence-electron chi connectivity index (χ0n) is 23.7. The number of nitrogens with one attached hydrogen (secondary N) is 1. The van der Waals surface area contributed by atoms with Gasteiger partial charge >= 0.3 is 5.97 Å². The molecule has 3 aromatic carbocycles. The second kappa shape index (κ2) is 12.3. The molecule has 1 saturated heterocycles.